The van der Waals surface area contributed by atoms with Crippen LogP contribution in [0.2, 0.25) is 10.0 Å². The number of aromatic hydroxyl groups is 1. The van der Waals surface area contributed by atoms with Crippen molar-refractivity contribution in [1.82, 2.24) is 0 Å². The Morgan fingerprint density at radius 2 is 1.62 bits per heavy atom. The summed E-state index contributed by atoms with van der Waals surface area (Å²) < 4.78 is 28.4. The number of carboxylic acid groups (broad SMARTS) is 1. The van der Waals surface area contributed by atoms with E-state index >= 15 is 0 Å². The number of benzene rings is 3. The van der Waals surface area contributed by atoms with E-state index in [9.17, 15) is 23.1 Å². The minimum absolute atomic E-state index is 0.0452. The number of carboxylic acids is 1. The van der Waals surface area contributed by atoms with Crippen LogP contribution in [0.5, 0.6) is 5.75 Å². The molecule has 1 amide bonds. The molecule has 0 aliphatic carbocycles. The maximum atomic E-state index is 12.9. The van der Waals surface area contributed by atoms with E-state index in [1.165, 1.54) is 30.3 Å². The van der Waals surface area contributed by atoms with E-state index in [2.05, 4.69) is 26.0 Å². The Morgan fingerprint density at radius 1 is 0.906 bits per heavy atom. The van der Waals surface area contributed by atoms with Crippen molar-refractivity contribution in [2.24, 2.45) is 0 Å². The third-order valence-corrected chi connectivity index (χ3v) is 6.58. The molecule has 8 nitrogen and oxygen atoms in total. The van der Waals surface area contributed by atoms with Crippen molar-refractivity contribution in [3.05, 3.63) is 80.2 Å². The number of nitrogens with one attached hydrogen (secondary N) is 2. The van der Waals surface area contributed by atoms with E-state index in [1.54, 1.807) is 6.07 Å². The first-order valence-corrected chi connectivity index (χ1v) is 11.7. The quantitative estimate of drug-likeness (QED) is 0.327. The second kappa shape index (κ2) is 9.37. The van der Waals surface area contributed by atoms with Crippen LogP contribution < -0.4 is 10.0 Å². The Labute approximate surface area is 201 Å². The van der Waals surface area contributed by atoms with E-state index in [1.807, 2.05) is 0 Å². The van der Waals surface area contributed by atoms with Crippen molar-refractivity contribution in [2.45, 2.75) is 4.90 Å². The van der Waals surface area contributed by atoms with Crippen LogP contribution in [0.3, 0.4) is 0 Å². The molecule has 0 heterocycles. The molecular weight excluding hydrogens is 547 g/mol. The van der Waals surface area contributed by atoms with Crippen LogP contribution in [0, 0.1) is 0 Å². The molecule has 12 heteroatoms. The highest BCUT2D eigenvalue weighted by molar-refractivity contribution is 9.10. The second-order valence-electron chi connectivity index (χ2n) is 6.36. The fourth-order valence-corrected chi connectivity index (χ4v) is 4.44. The SMILES string of the molecule is O=C(O)c1cc(S(=O)(=O)Nc2ccc(Br)cc2C(=O)Nc2cc(Cl)ccc2Cl)ccc1O. The molecule has 0 bridgehead atoms. The van der Waals surface area contributed by atoms with Crippen LogP contribution >= 0.6 is 39.1 Å². The monoisotopic (exact) mass is 558 g/mol. The first-order chi connectivity index (χ1) is 15.0. The first-order valence-electron chi connectivity index (χ1n) is 8.63. The second-order valence-corrected chi connectivity index (χ2v) is 9.80. The Morgan fingerprint density at radius 3 is 2.31 bits per heavy atom. The van der Waals surface area contributed by atoms with Gasteiger partial charge in [-0.05, 0) is 54.6 Å². The van der Waals surface area contributed by atoms with E-state index in [-0.39, 0.29) is 22.0 Å². The standard InChI is InChI=1S/C20H13BrCl2N2O6S/c21-10-1-5-16(13(7-10)19(27)24-17-8-11(22)2-4-15(17)23)25-32(30,31)12-3-6-18(26)14(9-12)20(28)29/h1-9,25-26H,(H,24,27)(H,28,29). The lowest BCUT2D eigenvalue weighted by molar-refractivity contribution is 0.0693. The van der Waals surface area contributed by atoms with Crippen LogP contribution in [0.4, 0.5) is 11.4 Å². The highest BCUT2D eigenvalue weighted by Gasteiger charge is 2.22. The maximum Gasteiger partial charge on any atom is 0.339 e. The van der Waals surface area contributed by atoms with Crippen LogP contribution in [0.15, 0.2) is 64.0 Å². The molecule has 32 heavy (non-hydrogen) atoms. The molecule has 0 aliphatic heterocycles. The van der Waals surface area contributed by atoms with E-state index < -0.39 is 38.1 Å². The summed E-state index contributed by atoms with van der Waals surface area (Å²) in [7, 11) is -4.31. The number of carbonyl (C=O) groups is 2. The Hall–Kier alpha value is -2.79. The van der Waals surface area contributed by atoms with Crippen LogP contribution in [-0.4, -0.2) is 30.5 Å². The van der Waals surface area contributed by atoms with E-state index in [0.29, 0.717) is 9.50 Å². The minimum atomic E-state index is -4.31. The Balaban J connectivity index is 1.97. The predicted octanol–water partition coefficient (Wildman–Crippen LogP) is 5.21. The van der Waals surface area contributed by atoms with Gasteiger partial charge < -0.3 is 15.5 Å². The van der Waals surface area contributed by atoms with Gasteiger partial charge in [-0.1, -0.05) is 39.1 Å². The lowest BCUT2D eigenvalue weighted by Gasteiger charge is -2.14. The average molecular weight is 560 g/mol. The summed E-state index contributed by atoms with van der Waals surface area (Å²) in [6.07, 6.45) is 0. The van der Waals surface area contributed by atoms with Crippen molar-refractivity contribution in [3.8, 4) is 5.75 Å². The molecule has 3 aromatic rings. The maximum absolute atomic E-state index is 12.9. The first kappa shape index (κ1) is 23.9. The molecule has 3 aromatic carbocycles. The van der Waals surface area contributed by atoms with Crippen molar-refractivity contribution in [3.63, 3.8) is 0 Å². The van der Waals surface area contributed by atoms with Crippen molar-refractivity contribution >= 4 is 72.4 Å². The van der Waals surface area contributed by atoms with Gasteiger partial charge in [-0.2, -0.15) is 0 Å². The third kappa shape index (κ3) is 5.33. The summed E-state index contributed by atoms with van der Waals surface area (Å²) in [4.78, 5) is 23.7. The number of hydrogen-bond donors (Lipinski definition) is 4. The van der Waals surface area contributed by atoms with Gasteiger partial charge in [0.1, 0.15) is 11.3 Å². The molecule has 0 saturated carbocycles. The van der Waals surface area contributed by atoms with Crippen LogP contribution in [0.1, 0.15) is 20.7 Å². The number of rotatable bonds is 6. The summed E-state index contributed by atoms with van der Waals surface area (Å²) in [6.45, 7) is 0. The number of aromatic carboxylic acids is 1. The van der Waals surface area contributed by atoms with Crippen molar-refractivity contribution in [1.29, 1.82) is 0 Å². The van der Waals surface area contributed by atoms with Gasteiger partial charge in [0.15, 0.2) is 0 Å². The molecule has 0 atom stereocenters. The van der Waals surface area contributed by atoms with Gasteiger partial charge in [0.05, 0.1) is 26.9 Å². The molecule has 0 spiro atoms. The average Bonchev–Trinajstić information content (AvgIpc) is 2.71. The van der Waals surface area contributed by atoms with Gasteiger partial charge in [-0.15, -0.1) is 0 Å². The zero-order valence-corrected chi connectivity index (χ0v) is 19.7. The zero-order valence-electron chi connectivity index (χ0n) is 15.8. The number of hydrogen-bond acceptors (Lipinski definition) is 5. The van der Waals surface area contributed by atoms with Gasteiger partial charge in [-0.3, -0.25) is 9.52 Å². The third-order valence-electron chi connectivity index (χ3n) is 4.16. The van der Waals surface area contributed by atoms with Gasteiger partial charge in [0.2, 0.25) is 0 Å². The largest absolute Gasteiger partial charge is 0.507 e. The summed E-state index contributed by atoms with van der Waals surface area (Å²) in [5.74, 6) is -2.76. The lowest BCUT2D eigenvalue weighted by atomic mass is 10.1. The van der Waals surface area contributed by atoms with Crippen LogP contribution in [0.25, 0.3) is 0 Å². The Bertz CT molecular complexity index is 1350. The van der Waals surface area contributed by atoms with Gasteiger partial charge in [0.25, 0.3) is 15.9 Å². The molecule has 0 fully saturated rings. The number of phenols is 1. The summed E-state index contributed by atoms with van der Waals surface area (Å²) in [6, 6.07) is 11.5. The highest BCUT2D eigenvalue weighted by Crippen LogP contribution is 2.29. The summed E-state index contributed by atoms with van der Waals surface area (Å²) in [5.41, 5.74) is -0.482. The lowest BCUT2D eigenvalue weighted by Crippen LogP contribution is -2.19. The smallest absolute Gasteiger partial charge is 0.339 e. The minimum Gasteiger partial charge on any atom is -0.507 e. The number of halogens is 3. The summed E-state index contributed by atoms with van der Waals surface area (Å²) >= 11 is 15.2. The van der Waals surface area contributed by atoms with Crippen molar-refractivity contribution < 1.29 is 28.2 Å². The predicted molar refractivity (Wildman–Crippen MR) is 124 cm³/mol. The normalized spacial score (nSPS) is 11.1. The van der Waals surface area contributed by atoms with Crippen molar-refractivity contribution in [2.75, 3.05) is 10.0 Å². The molecule has 0 saturated heterocycles. The molecule has 3 rings (SSSR count). The fraction of sp³-hybridized carbons (Fsp3) is 0. The number of amides is 1. The number of carbonyl (C=O) groups excluding carboxylic acids is 1. The molecular formula is C20H13BrCl2N2O6S. The van der Waals surface area contributed by atoms with Gasteiger partial charge >= 0.3 is 5.97 Å². The number of sulfonamides is 1. The van der Waals surface area contributed by atoms with E-state index in [4.69, 9.17) is 28.3 Å². The molecule has 0 aliphatic rings. The highest BCUT2D eigenvalue weighted by atomic mass is 79.9. The van der Waals surface area contributed by atoms with Gasteiger partial charge in [0, 0.05) is 9.50 Å². The molecule has 0 radical (unpaired) electrons. The molecule has 4 N–H and O–H groups in total. The molecule has 0 unspecified atom stereocenters. The fourth-order valence-electron chi connectivity index (χ4n) is 2.63. The summed E-state index contributed by atoms with van der Waals surface area (Å²) in [5, 5.41) is 21.9. The van der Waals surface area contributed by atoms with Crippen LogP contribution in [-0.2, 0) is 10.0 Å². The van der Waals surface area contributed by atoms with Gasteiger partial charge in [-0.25, -0.2) is 13.2 Å². The Kier molecular flexibility index (Phi) is 6.99. The molecule has 0 aromatic heterocycles. The number of anilines is 2. The zero-order chi connectivity index (χ0) is 23.6. The van der Waals surface area contributed by atoms with E-state index in [0.717, 1.165) is 18.2 Å². The topological polar surface area (TPSA) is 133 Å². The molecule has 166 valence electrons.